The molecule has 0 saturated carbocycles. The van der Waals surface area contributed by atoms with Gasteiger partial charge in [0, 0.05) is 5.69 Å². The van der Waals surface area contributed by atoms with Crippen molar-refractivity contribution < 1.29 is 14.6 Å². The molecule has 0 aliphatic carbocycles. The largest absolute Gasteiger partial charge is 0.483 e. The molecule has 2 N–H and O–H groups in total. The summed E-state index contributed by atoms with van der Waals surface area (Å²) in [7, 11) is 0. The summed E-state index contributed by atoms with van der Waals surface area (Å²) >= 11 is 0. The van der Waals surface area contributed by atoms with Gasteiger partial charge in [0.15, 0.2) is 6.61 Å². The van der Waals surface area contributed by atoms with Crippen LogP contribution >= 0.6 is 0 Å². The SMILES string of the molecule is Cc1ccccc1OCC(=O)Nc1cccc(C(C)O)c1. The fourth-order valence-electron chi connectivity index (χ4n) is 1.94. The van der Waals surface area contributed by atoms with Crippen molar-refractivity contribution in [2.24, 2.45) is 0 Å². The van der Waals surface area contributed by atoms with E-state index < -0.39 is 6.10 Å². The quantitative estimate of drug-likeness (QED) is 0.887. The van der Waals surface area contributed by atoms with Gasteiger partial charge in [0.1, 0.15) is 5.75 Å². The number of aliphatic hydroxyl groups excluding tert-OH is 1. The number of carbonyl (C=O) groups excluding carboxylic acids is 1. The molecule has 2 rings (SSSR count). The van der Waals surface area contributed by atoms with E-state index in [1.54, 1.807) is 25.1 Å². The number of ether oxygens (including phenoxy) is 1. The number of amides is 1. The van der Waals surface area contributed by atoms with E-state index in [0.29, 0.717) is 11.4 Å². The van der Waals surface area contributed by atoms with Gasteiger partial charge in [0.2, 0.25) is 0 Å². The van der Waals surface area contributed by atoms with Gasteiger partial charge >= 0.3 is 0 Å². The number of para-hydroxylation sites is 1. The molecule has 1 atom stereocenters. The van der Waals surface area contributed by atoms with E-state index in [9.17, 15) is 9.90 Å². The monoisotopic (exact) mass is 285 g/mol. The summed E-state index contributed by atoms with van der Waals surface area (Å²) < 4.78 is 5.49. The highest BCUT2D eigenvalue weighted by Gasteiger charge is 2.07. The van der Waals surface area contributed by atoms with Crippen LogP contribution in [0, 0.1) is 6.92 Å². The second-order valence-corrected chi connectivity index (χ2v) is 4.90. The zero-order chi connectivity index (χ0) is 15.2. The number of carbonyl (C=O) groups is 1. The lowest BCUT2D eigenvalue weighted by Gasteiger charge is -2.11. The van der Waals surface area contributed by atoms with Gasteiger partial charge in [-0.15, -0.1) is 0 Å². The van der Waals surface area contributed by atoms with Crippen molar-refractivity contribution in [3.63, 3.8) is 0 Å². The highest BCUT2D eigenvalue weighted by Crippen LogP contribution is 2.18. The number of benzene rings is 2. The van der Waals surface area contributed by atoms with Crippen molar-refractivity contribution in [3.8, 4) is 5.75 Å². The Morgan fingerprint density at radius 2 is 2.00 bits per heavy atom. The number of hydrogen-bond acceptors (Lipinski definition) is 3. The van der Waals surface area contributed by atoms with E-state index in [1.165, 1.54) is 0 Å². The van der Waals surface area contributed by atoms with E-state index in [2.05, 4.69) is 5.32 Å². The third kappa shape index (κ3) is 4.33. The van der Waals surface area contributed by atoms with Gasteiger partial charge in [-0.1, -0.05) is 30.3 Å². The Hall–Kier alpha value is -2.33. The van der Waals surface area contributed by atoms with Crippen LogP contribution in [0.25, 0.3) is 0 Å². The Labute approximate surface area is 124 Å². The highest BCUT2D eigenvalue weighted by molar-refractivity contribution is 5.91. The van der Waals surface area contributed by atoms with Crippen LogP contribution in [0.2, 0.25) is 0 Å². The minimum absolute atomic E-state index is 0.0518. The summed E-state index contributed by atoms with van der Waals surface area (Å²) in [6.45, 7) is 3.56. The van der Waals surface area contributed by atoms with E-state index in [-0.39, 0.29) is 12.5 Å². The number of aryl methyl sites for hydroxylation is 1. The lowest BCUT2D eigenvalue weighted by Crippen LogP contribution is -2.20. The van der Waals surface area contributed by atoms with Crippen molar-refractivity contribution >= 4 is 11.6 Å². The minimum Gasteiger partial charge on any atom is -0.483 e. The van der Waals surface area contributed by atoms with Crippen LogP contribution in [0.5, 0.6) is 5.75 Å². The lowest BCUT2D eigenvalue weighted by atomic mass is 10.1. The number of hydrogen-bond donors (Lipinski definition) is 2. The third-order valence-electron chi connectivity index (χ3n) is 3.11. The van der Waals surface area contributed by atoms with Crippen LogP contribution in [-0.4, -0.2) is 17.6 Å². The molecule has 0 radical (unpaired) electrons. The highest BCUT2D eigenvalue weighted by atomic mass is 16.5. The Kier molecular flexibility index (Phi) is 4.95. The topological polar surface area (TPSA) is 58.6 Å². The zero-order valence-electron chi connectivity index (χ0n) is 12.2. The summed E-state index contributed by atoms with van der Waals surface area (Å²) in [5.74, 6) is 0.464. The van der Waals surface area contributed by atoms with Gasteiger partial charge in [-0.05, 0) is 43.2 Å². The van der Waals surface area contributed by atoms with Crippen LogP contribution in [0.1, 0.15) is 24.2 Å². The summed E-state index contributed by atoms with van der Waals surface area (Å²) in [4.78, 5) is 11.9. The summed E-state index contributed by atoms with van der Waals surface area (Å²) in [5.41, 5.74) is 2.39. The van der Waals surface area contributed by atoms with E-state index in [1.807, 2.05) is 37.3 Å². The Balaban J connectivity index is 1.93. The Morgan fingerprint density at radius 3 is 2.71 bits per heavy atom. The first-order valence-electron chi connectivity index (χ1n) is 6.82. The zero-order valence-corrected chi connectivity index (χ0v) is 12.2. The van der Waals surface area contributed by atoms with Gasteiger partial charge in [-0.25, -0.2) is 0 Å². The molecule has 0 aliphatic rings. The molecule has 2 aromatic rings. The van der Waals surface area contributed by atoms with E-state index in [0.717, 1.165) is 11.1 Å². The normalized spacial score (nSPS) is 11.8. The average Bonchev–Trinajstić information content (AvgIpc) is 2.46. The maximum atomic E-state index is 11.9. The molecule has 4 heteroatoms. The number of nitrogens with one attached hydrogen (secondary N) is 1. The van der Waals surface area contributed by atoms with Gasteiger partial charge < -0.3 is 15.2 Å². The van der Waals surface area contributed by atoms with E-state index >= 15 is 0 Å². The molecule has 110 valence electrons. The fraction of sp³-hybridized carbons (Fsp3) is 0.235. The number of anilines is 1. The minimum atomic E-state index is -0.565. The fourth-order valence-corrected chi connectivity index (χ4v) is 1.94. The third-order valence-corrected chi connectivity index (χ3v) is 3.11. The predicted molar refractivity (Wildman–Crippen MR) is 82.4 cm³/mol. The molecule has 0 bridgehead atoms. The molecule has 0 aromatic heterocycles. The van der Waals surface area contributed by atoms with Gasteiger partial charge in [-0.3, -0.25) is 4.79 Å². The van der Waals surface area contributed by atoms with Crippen LogP contribution in [-0.2, 0) is 4.79 Å². The molecule has 0 saturated heterocycles. The van der Waals surface area contributed by atoms with Crippen molar-refractivity contribution in [1.29, 1.82) is 0 Å². The molecular weight excluding hydrogens is 266 g/mol. The maximum Gasteiger partial charge on any atom is 0.262 e. The number of rotatable bonds is 5. The average molecular weight is 285 g/mol. The van der Waals surface area contributed by atoms with Crippen LogP contribution in [0.15, 0.2) is 48.5 Å². The number of aliphatic hydroxyl groups is 1. The molecule has 2 aromatic carbocycles. The summed E-state index contributed by atoms with van der Waals surface area (Å²) in [6, 6.07) is 14.7. The summed E-state index contributed by atoms with van der Waals surface area (Å²) in [6.07, 6.45) is -0.565. The molecule has 0 aliphatic heterocycles. The molecule has 21 heavy (non-hydrogen) atoms. The van der Waals surface area contributed by atoms with Gasteiger partial charge in [0.05, 0.1) is 6.10 Å². The molecule has 1 unspecified atom stereocenters. The second-order valence-electron chi connectivity index (χ2n) is 4.90. The van der Waals surface area contributed by atoms with Crippen LogP contribution in [0.3, 0.4) is 0 Å². The standard InChI is InChI=1S/C17H19NO3/c1-12-6-3-4-9-16(12)21-11-17(20)18-15-8-5-7-14(10-15)13(2)19/h3-10,13,19H,11H2,1-2H3,(H,18,20). The maximum absolute atomic E-state index is 11.9. The first-order valence-corrected chi connectivity index (χ1v) is 6.82. The molecule has 0 heterocycles. The van der Waals surface area contributed by atoms with Crippen LogP contribution in [0.4, 0.5) is 5.69 Å². The van der Waals surface area contributed by atoms with Crippen molar-refractivity contribution in [2.45, 2.75) is 20.0 Å². The van der Waals surface area contributed by atoms with E-state index in [4.69, 9.17) is 4.74 Å². The summed E-state index contributed by atoms with van der Waals surface area (Å²) in [5, 5.41) is 12.3. The molecule has 0 fully saturated rings. The predicted octanol–water partition coefficient (Wildman–Crippen LogP) is 3.07. The Bertz CT molecular complexity index is 623. The smallest absolute Gasteiger partial charge is 0.262 e. The molecule has 4 nitrogen and oxygen atoms in total. The molecule has 1 amide bonds. The van der Waals surface area contributed by atoms with Gasteiger partial charge in [-0.2, -0.15) is 0 Å². The second kappa shape index (κ2) is 6.90. The van der Waals surface area contributed by atoms with Crippen molar-refractivity contribution in [1.82, 2.24) is 0 Å². The molecular formula is C17H19NO3. The Morgan fingerprint density at radius 1 is 1.24 bits per heavy atom. The first-order chi connectivity index (χ1) is 10.1. The van der Waals surface area contributed by atoms with Crippen molar-refractivity contribution in [3.05, 3.63) is 59.7 Å². The lowest BCUT2D eigenvalue weighted by molar-refractivity contribution is -0.118. The molecule has 0 spiro atoms. The first kappa shape index (κ1) is 15.1. The van der Waals surface area contributed by atoms with Crippen LogP contribution < -0.4 is 10.1 Å². The van der Waals surface area contributed by atoms with Crippen molar-refractivity contribution in [2.75, 3.05) is 11.9 Å². The van der Waals surface area contributed by atoms with Gasteiger partial charge in [0.25, 0.3) is 5.91 Å².